The lowest BCUT2D eigenvalue weighted by Crippen LogP contribution is -2.04. The molecule has 0 saturated heterocycles. The Morgan fingerprint density at radius 3 is 2.05 bits per heavy atom. The molecule has 2 aromatic rings. The van der Waals surface area contributed by atoms with Gasteiger partial charge in [-0.15, -0.1) is 0 Å². The Hall–Kier alpha value is -0.780. The van der Waals surface area contributed by atoms with Crippen LogP contribution in [0.4, 0.5) is 4.39 Å². The number of rotatable bonds is 3. The second kappa shape index (κ2) is 6.77. The standard InChI is InChI=1S/C13H5Cl5FNO2/c14-9-8(10(15)12(17)13(18)11(9)16)6-1-4(2-7(21)22)5(19)3-20-6/h1,3H,2H2,(H,21,22). The fourth-order valence-corrected chi connectivity index (χ4v) is 3.08. The maximum atomic E-state index is 13.6. The Kier molecular flexibility index (Phi) is 5.41. The van der Waals surface area contributed by atoms with E-state index in [0.29, 0.717) is 0 Å². The molecule has 1 aromatic heterocycles. The first-order valence-electron chi connectivity index (χ1n) is 5.62. The lowest BCUT2D eigenvalue weighted by molar-refractivity contribution is -0.136. The predicted molar refractivity (Wildman–Crippen MR) is 86.0 cm³/mol. The summed E-state index contributed by atoms with van der Waals surface area (Å²) in [4.78, 5) is 14.6. The Labute approximate surface area is 149 Å². The molecule has 9 heteroatoms. The van der Waals surface area contributed by atoms with E-state index in [1.54, 1.807) is 0 Å². The van der Waals surface area contributed by atoms with E-state index in [1.165, 1.54) is 6.07 Å². The summed E-state index contributed by atoms with van der Waals surface area (Å²) in [7, 11) is 0. The van der Waals surface area contributed by atoms with Crippen molar-refractivity contribution in [1.29, 1.82) is 0 Å². The van der Waals surface area contributed by atoms with Crippen LogP contribution in [0.15, 0.2) is 12.3 Å². The quantitative estimate of drug-likeness (QED) is 0.522. The van der Waals surface area contributed by atoms with Crippen LogP contribution in [0.5, 0.6) is 0 Å². The van der Waals surface area contributed by atoms with E-state index in [-0.39, 0.29) is 41.9 Å². The molecule has 0 radical (unpaired) electrons. The van der Waals surface area contributed by atoms with E-state index in [2.05, 4.69) is 4.98 Å². The Morgan fingerprint density at radius 2 is 1.55 bits per heavy atom. The SMILES string of the molecule is O=C(O)Cc1cc(-c2c(Cl)c(Cl)c(Cl)c(Cl)c2Cl)ncc1F. The molecule has 0 bridgehead atoms. The molecule has 0 aliphatic carbocycles. The Bertz CT molecular complexity index is 753. The Balaban J connectivity index is 2.70. The number of pyridine rings is 1. The van der Waals surface area contributed by atoms with Crippen LogP contribution >= 0.6 is 58.0 Å². The number of carbonyl (C=O) groups is 1. The van der Waals surface area contributed by atoms with Crippen molar-refractivity contribution in [2.45, 2.75) is 6.42 Å². The summed E-state index contributed by atoms with van der Waals surface area (Å²) in [5.41, 5.74) is 0.203. The van der Waals surface area contributed by atoms with E-state index in [1.807, 2.05) is 0 Å². The summed E-state index contributed by atoms with van der Waals surface area (Å²) in [5, 5.41) is 8.69. The van der Waals surface area contributed by atoms with Gasteiger partial charge >= 0.3 is 5.97 Å². The summed E-state index contributed by atoms with van der Waals surface area (Å²) < 4.78 is 13.6. The third-order valence-corrected chi connectivity index (χ3v) is 5.02. The maximum absolute atomic E-state index is 13.6. The topological polar surface area (TPSA) is 50.2 Å². The van der Waals surface area contributed by atoms with Crippen molar-refractivity contribution < 1.29 is 14.3 Å². The number of hydrogen-bond acceptors (Lipinski definition) is 2. The minimum absolute atomic E-state index is 0.0125. The maximum Gasteiger partial charge on any atom is 0.307 e. The molecule has 0 unspecified atom stereocenters. The molecular weight excluding hydrogens is 398 g/mol. The van der Waals surface area contributed by atoms with Crippen molar-refractivity contribution in [3.8, 4) is 11.3 Å². The van der Waals surface area contributed by atoms with Gasteiger partial charge in [-0.25, -0.2) is 4.39 Å². The summed E-state index contributed by atoms with van der Waals surface area (Å²) in [5.74, 6) is -1.95. The highest BCUT2D eigenvalue weighted by molar-refractivity contribution is 6.56. The summed E-state index contributed by atoms with van der Waals surface area (Å²) >= 11 is 30.0. The average molecular weight is 403 g/mol. The smallest absolute Gasteiger partial charge is 0.307 e. The van der Waals surface area contributed by atoms with Gasteiger partial charge in [0.1, 0.15) is 5.82 Å². The van der Waals surface area contributed by atoms with Crippen LogP contribution < -0.4 is 0 Å². The van der Waals surface area contributed by atoms with Gasteiger partial charge in [-0.3, -0.25) is 9.78 Å². The summed E-state index contributed by atoms with van der Waals surface area (Å²) in [6.45, 7) is 0. The van der Waals surface area contributed by atoms with Crippen molar-refractivity contribution in [1.82, 2.24) is 4.98 Å². The first-order valence-corrected chi connectivity index (χ1v) is 7.51. The van der Waals surface area contributed by atoms with Gasteiger partial charge in [0.25, 0.3) is 0 Å². The average Bonchev–Trinajstić information content (AvgIpc) is 2.46. The molecule has 0 saturated carbocycles. The zero-order valence-electron chi connectivity index (χ0n) is 10.4. The highest BCUT2D eigenvalue weighted by atomic mass is 35.5. The third kappa shape index (κ3) is 3.26. The number of hydrogen-bond donors (Lipinski definition) is 1. The van der Waals surface area contributed by atoms with Crippen LogP contribution in [-0.2, 0) is 11.2 Å². The van der Waals surface area contributed by atoms with E-state index in [4.69, 9.17) is 63.1 Å². The molecule has 1 N–H and O–H groups in total. The normalized spacial score (nSPS) is 10.8. The van der Waals surface area contributed by atoms with Gasteiger partial charge in [0, 0.05) is 11.1 Å². The minimum atomic E-state index is -1.19. The molecule has 0 atom stereocenters. The Morgan fingerprint density at radius 1 is 1.05 bits per heavy atom. The molecule has 0 aliphatic rings. The van der Waals surface area contributed by atoms with Crippen molar-refractivity contribution in [2.24, 2.45) is 0 Å². The highest BCUT2D eigenvalue weighted by Crippen LogP contribution is 2.47. The van der Waals surface area contributed by atoms with Crippen molar-refractivity contribution >= 4 is 64.0 Å². The zero-order valence-corrected chi connectivity index (χ0v) is 14.2. The summed E-state index contributed by atoms with van der Waals surface area (Å²) in [6, 6.07) is 1.22. The molecule has 3 nitrogen and oxygen atoms in total. The lowest BCUT2D eigenvalue weighted by atomic mass is 10.1. The first kappa shape index (κ1) is 17.6. The van der Waals surface area contributed by atoms with Gasteiger partial charge in [0.2, 0.25) is 0 Å². The molecule has 0 fully saturated rings. The molecular formula is C13H5Cl5FNO2. The van der Waals surface area contributed by atoms with Crippen molar-refractivity contribution in [2.75, 3.05) is 0 Å². The van der Waals surface area contributed by atoms with Gasteiger partial charge < -0.3 is 5.11 Å². The first-order chi connectivity index (χ1) is 10.2. The third-order valence-electron chi connectivity index (χ3n) is 2.74. The molecule has 1 aromatic carbocycles. The second-order valence-electron chi connectivity index (χ2n) is 4.18. The van der Waals surface area contributed by atoms with Gasteiger partial charge in [-0.1, -0.05) is 58.0 Å². The van der Waals surface area contributed by atoms with Gasteiger partial charge in [0.15, 0.2) is 0 Å². The van der Waals surface area contributed by atoms with Gasteiger partial charge in [0.05, 0.1) is 43.4 Å². The predicted octanol–water partition coefficient (Wildman–Crippen LogP) is 5.78. The number of halogens is 6. The van der Waals surface area contributed by atoms with Crippen LogP contribution in [0.3, 0.4) is 0 Å². The van der Waals surface area contributed by atoms with Crippen molar-refractivity contribution in [3.05, 3.63) is 48.8 Å². The lowest BCUT2D eigenvalue weighted by Gasteiger charge is -2.13. The number of carboxylic acid groups (broad SMARTS) is 1. The van der Waals surface area contributed by atoms with Gasteiger partial charge in [-0.05, 0) is 6.07 Å². The van der Waals surface area contributed by atoms with Crippen LogP contribution in [0.1, 0.15) is 5.56 Å². The zero-order chi connectivity index (χ0) is 16.6. The van der Waals surface area contributed by atoms with Gasteiger partial charge in [-0.2, -0.15) is 0 Å². The number of carboxylic acids is 1. The monoisotopic (exact) mass is 401 g/mol. The van der Waals surface area contributed by atoms with E-state index >= 15 is 0 Å². The largest absolute Gasteiger partial charge is 0.481 e. The summed E-state index contributed by atoms with van der Waals surface area (Å²) in [6.07, 6.45) is 0.350. The van der Waals surface area contributed by atoms with Crippen LogP contribution in [-0.4, -0.2) is 16.1 Å². The van der Waals surface area contributed by atoms with Crippen LogP contribution in [0.2, 0.25) is 25.1 Å². The molecule has 0 spiro atoms. The number of aliphatic carboxylic acids is 1. The van der Waals surface area contributed by atoms with E-state index in [0.717, 1.165) is 6.20 Å². The van der Waals surface area contributed by atoms with Crippen LogP contribution in [0, 0.1) is 5.82 Å². The molecule has 0 amide bonds. The molecule has 116 valence electrons. The van der Waals surface area contributed by atoms with E-state index < -0.39 is 18.2 Å². The number of nitrogens with zero attached hydrogens (tertiary/aromatic N) is 1. The number of aromatic nitrogens is 1. The van der Waals surface area contributed by atoms with Crippen molar-refractivity contribution in [3.63, 3.8) is 0 Å². The second-order valence-corrected chi connectivity index (χ2v) is 6.07. The fourth-order valence-electron chi connectivity index (χ4n) is 1.75. The fraction of sp³-hybridized carbons (Fsp3) is 0.0769. The molecule has 22 heavy (non-hydrogen) atoms. The molecule has 1 heterocycles. The minimum Gasteiger partial charge on any atom is -0.481 e. The van der Waals surface area contributed by atoms with E-state index in [9.17, 15) is 9.18 Å². The molecule has 2 rings (SSSR count). The van der Waals surface area contributed by atoms with Crippen LogP contribution in [0.25, 0.3) is 11.3 Å². The highest BCUT2D eigenvalue weighted by Gasteiger charge is 2.22. The molecule has 0 aliphatic heterocycles. The number of benzene rings is 1.